The summed E-state index contributed by atoms with van der Waals surface area (Å²) in [5.41, 5.74) is 0. The Labute approximate surface area is 231 Å². The van der Waals surface area contributed by atoms with Crippen LogP contribution in [0.15, 0.2) is 0 Å². The molecule has 3 heterocycles. The van der Waals surface area contributed by atoms with Crippen LogP contribution in [0.4, 0.5) is 0 Å². The van der Waals surface area contributed by atoms with Crippen LogP contribution in [0.3, 0.4) is 0 Å². The van der Waals surface area contributed by atoms with Crippen LogP contribution in [-0.4, -0.2) is 67.8 Å². The predicted molar refractivity (Wildman–Crippen MR) is 168 cm³/mol. The lowest BCUT2D eigenvalue weighted by molar-refractivity contribution is 0.676. The summed E-state index contributed by atoms with van der Waals surface area (Å²) in [5, 5.41) is 2.84. The minimum Gasteiger partial charge on any atom is -0.162 e. The van der Waals surface area contributed by atoms with Gasteiger partial charge in [0, 0.05) is 49.8 Å². The van der Waals surface area contributed by atoms with Gasteiger partial charge in [0.25, 0.3) is 0 Å². The molecule has 3 fully saturated rings. The van der Waals surface area contributed by atoms with Crippen LogP contribution in [0.5, 0.6) is 0 Å². The molecule has 0 nitrogen and oxygen atoms in total. The van der Waals surface area contributed by atoms with E-state index >= 15 is 0 Å². The van der Waals surface area contributed by atoms with E-state index in [2.05, 4.69) is 0 Å². The first-order valence-corrected chi connectivity index (χ1v) is 17.9. The fourth-order valence-electron chi connectivity index (χ4n) is 3.13. The highest BCUT2D eigenvalue weighted by atomic mass is 32.2. The first-order chi connectivity index (χ1) is 13.5. The molecule has 0 radical (unpaired) electrons. The molecule has 0 aliphatic carbocycles. The van der Waals surface area contributed by atoms with Crippen molar-refractivity contribution in [2.75, 3.05) is 34.5 Å². The van der Waals surface area contributed by atoms with E-state index in [0.29, 0.717) is 5.25 Å². The quantitative estimate of drug-likeness (QED) is 0.0498. The molecule has 0 spiro atoms. The molecule has 0 N–H and O–H groups in total. The van der Waals surface area contributed by atoms with Gasteiger partial charge in [0.15, 0.2) is 0 Å². The van der Waals surface area contributed by atoms with E-state index in [0.717, 1.165) is 65.1 Å². The van der Waals surface area contributed by atoms with Crippen molar-refractivity contribution in [3.63, 3.8) is 0 Å². The largest absolute Gasteiger partial charge is 0.162 e. The van der Waals surface area contributed by atoms with E-state index in [-0.39, 0.29) is 12.2 Å². The van der Waals surface area contributed by atoms with Gasteiger partial charge in [-0.15, -0.1) is 0 Å². The van der Waals surface area contributed by atoms with Crippen LogP contribution in [-0.2, 0) is 0 Å². The second-order valence-corrected chi connectivity index (χ2v) is 21.0. The Morgan fingerprint density at radius 2 is 1.24 bits per heavy atom. The third kappa shape index (κ3) is 12.9. The maximum Gasteiger partial charge on any atom is 0.0652 e. The number of thiol groups is 6. The summed E-state index contributed by atoms with van der Waals surface area (Å²) in [7, 11) is 0. The first-order valence-electron chi connectivity index (χ1n) is 9.90. The lowest BCUT2D eigenvalue weighted by Gasteiger charge is -2.30. The van der Waals surface area contributed by atoms with Gasteiger partial charge in [0.1, 0.15) is 0 Å². The van der Waals surface area contributed by atoms with Gasteiger partial charge in [0.05, 0.1) is 12.2 Å². The van der Waals surface area contributed by atoms with Crippen LogP contribution in [0, 0.1) is 0 Å². The van der Waals surface area contributed by atoms with Crippen molar-refractivity contribution in [3.8, 4) is 0 Å². The van der Waals surface area contributed by atoms with Gasteiger partial charge in [0.2, 0.25) is 0 Å². The summed E-state index contributed by atoms with van der Waals surface area (Å²) in [6.45, 7) is 0. The molecule has 0 aromatic carbocycles. The molecule has 3 rings (SSSR count). The molecule has 4 atom stereocenters. The topological polar surface area (TPSA) is 0 Å². The predicted octanol–water partition coefficient (Wildman–Crippen LogP) is 6.79. The molecule has 0 aromatic heterocycles. The second kappa shape index (κ2) is 12.2. The van der Waals surface area contributed by atoms with Crippen LogP contribution in [0.2, 0.25) is 0 Å². The number of rotatable bonds is 16. The molecule has 3 aliphatic heterocycles. The zero-order chi connectivity index (χ0) is 21.1. The van der Waals surface area contributed by atoms with E-state index in [1.165, 1.54) is 17.3 Å². The van der Waals surface area contributed by atoms with Crippen LogP contribution in [0.1, 0.15) is 32.1 Å². The lowest BCUT2D eigenvalue weighted by Crippen LogP contribution is -2.27. The molecule has 3 saturated heterocycles. The van der Waals surface area contributed by atoms with Gasteiger partial charge in [-0.25, -0.2) is 0 Å². The Kier molecular flexibility index (Phi) is 11.5. The summed E-state index contributed by atoms with van der Waals surface area (Å²) >= 11 is 39.3. The lowest BCUT2D eigenvalue weighted by atomic mass is 10.1. The zero-order valence-electron chi connectivity index (χ0n) is 16.3. The summed E-state index contributed by atoms with van der Waals surface area (Å²) in [4.78, 5) is 0. The molecule has 3 aliphatic rings. The maximum atomic E-state index is 4.93. The Morgan fingerprint density at radius 1 is 0.759 bits per heavy atom. The van der Waals surface area contributed by atoms with Gasteiger partial charge in [-0.1, -0.05) is 0 Å². The third-order valence-electron chi connectivity index (χ3n) is 4.93. The normalized spacial score (nSPS) is 27.7. The Balaban J connectivity index is 1.43. The average Bonchev–Trinajstić information content (AvgIpc) is 3.38. The van der Waals surface area contributed by atoms with Crippen molar-refractivity contribution < 1.29 is 0 Å². The smallest absolute Gasteiger partial charge is 0.0652 e. The van der Waals surface area contributed by atoms with E-state index in [1.807, 2.05) is 58.8 Å². The third-order valence-corrected chi connectivity index (χ3v) is 13.3. The van der Waals surface area contributed by atoms with Crippen LogP contribution in [0.25, 0.3) is 0 Å². The Hall–Kier alpha value is 3.85. The average molecular weight is 601 g/mol. The van der Waals surface area contributed by atoms with E-state index < -0.39 is 0 Å². The Morgan fingerprint density at radius 3 is 1.76 bits per heavy atom. The van der Waals surface area contributed by atoms with Gasteiger partial charge in [-0.05, 0) is 37.9 Å². The summed E-state index contributed by atoms with van der Waals surface area (Å²) < 4.78 is -0.497. The molecule has 0 aromatic rings. The summed E-state index contributed by atoms with van der Waals surface area (Å²) in [6.07, 6.45) is 5.36. The highest BCUT2D eigenvalue weighted by Crippen LogP contribution is 2.47. The van der Waals surface area contributed by atoms with Crippen molar-refractivity contribution in [1.82, 2.24) is 0 Å². The standard InChI is InChI=1S/C18H32S11/c19-16(20,3-13-8-26-13)1-2-25-7-12(4-17(21,22)5-14-9-27-14)29-11-18(23,24)6-15-10-28-15/h12-15,19-24H,1-11H2. The molecule has 0 bridgehead atoms. The van der Waals surface area contributed by atoms with Crippen molar-refractivity contribution in [3.05, 3.63) is 0 Å². The molecular formula is C18H32S11. The fraction of sp³-hybridized carbons (Fsp3) is 1.00. The monoisotopic (exact) mass is 600 g/mol. The van der Waals surface area contributed by atoms with Gasteiger partial charge >= 0.3 is 0 Å². The Bertz CT molecular complexity index is 512. The summed E-state index contributed by atoms with van der Waals surface area (Å²) in [5.74, 6) is 7.04. The second-order valence-electron chi connectivity index (χ2n) is 8.39. The van der Waals surface area contributed by atoms with Gasteiger partial charge in [-0.2, -0.15) is 135 Å². The van der Waals surface area contributed by atoms with Crippen LogP contribution >= 0.6 is 135 Å². The van der Waals surface area contributed by atoms with Gasteiger partial charge in [-0.3, -0.25) is 0 Å². The molecular weight excluding hydrogens is 569 g/mol. The highest BCUT2D eigenvalue weighted by molar-refractivity contribution is 8.08. The molecule has 0 amide bonds. The van der Waals surface area contributed by atoms with E-state index in [9.17, 15) is 0 Å². The minimum absolute atomic E-state index is 0.128. The first kappa shape index (κ1) is 27.4. The van der Waals surface area contributed by atoms with Crippen molar-refractivity contribution in [2.45, 2.75) is 65.3 Å². The maximum absolute atomic E-state index is 4.93. The molecule has 170 valence electrons. The van der Waals surface area contributed by atoms with Crippen LogP contribution < -0.4 is 0 Å². The van der Waals surface area contributed by atoms with Gasteiger partial charge < -0.3 is 0 Å². The van der Waals surface area contributed by atoms with Crippen molar-refractivity contribution >= 4 is 135 Å². The SMILES string of the molecule is SC(S)(CCSCC(CC(S)(S)CC1CS1)SCC(S)(S)CC1CS1)CC1CS1. The van der Waals surface area contributed by atoms with E-state index in [4.69, 9.17) is 75.8 Å². The van der Waals surface area contributed by atoms with Crippen molar-refractivity contribution in [2.24, 2.45) is 0 Å². The van der Waals surface area contributed by atoms with Crippen molar-refractivity contribution in [1.29, 1.82) is 0 Å². The molecule has 11 heteroatoms. The number of hydrogen-bond acceptors (Lipinski definition) is 11. The molecule has 4 unspecified atom stereocenters. The van der Waals surface area contributed by atoms with E-state index in [1.54, 1.807) is 0 Å². The highest BCUT2D eigenvalue weighted by Gasteiger charge is 2.37. The number of thioether (sulfide) groups is 5. The number of hydrogen-bond donors (Lipinski definition) is 6. The minimum atomic E-state index is -0.186. The zero-order valence-corrected chi connectivity index (χ0v) is 25.8. The molecule has 29 heavy (non-hydrogen) atoms. The molecule has 0 saturated carbocycles. The summed E-state index contributed by atoms with van der Waals surface area (Å²) in [6, 6.07) is 0. The fourth-order valence-corrected chi connectivity index (χ4v) is 11.6.